The van der Waals surface area contributed by atoms with Gasteiger partial charge in [0.15, 0.2) is 0 Å². The molecular formula is C22H32N4O7S. The molecule has 0 aliphatic heterocycles. The number of benzene rings is 1. The Kier molecular flexibility index (Phi) is 12.1. The summed E-state index contributed by atoms with van der Waals surface area (Å²) < 4.78 is 0. The van der Waals surface area contributed by atoms with Gasteiger partial charge in [-0.2, -0.15) is 12.6 Å². The van der Waals surface area contributed by atoms with E-state index in [2.05, 4.69) is 28.6 Å². The smallest absolute Gasteiger partial charge is 0.326 e. The topological polar surface area (TPSA) is 188 Å². The van der Waals surface area contributed by atoms with Crippen molar-refractivity contribution in [2.75, 3.05) is 5.75 Å². The van der Waals surface area contributed by atoms with Crippen LogP contribution in [0.1, 0.15) is 32.3 Å². The number of carbonyl (C=O) groups excluding carboxylic acids is 3. The SMILES string of the molecule is CC(C)C(NC(=O)C(Cc1ccccc1)NC(=O)C(CCC(=O)O)NC(=O)C(N)CS)C(=O)O. The molecule has 0 saturated heterocycles. The quantitative estimate of drug-likeness (QED) is 0.169. The zero-order chi connectivity index (χ0) is 25.8. The number of hydrogen-bond donors (Lipinski definition) is 7. The van der Waals surface area contributed by atoms with E-state index in [1.165, 1.54) is 0 Å². The van der Waals surface area contributed by atoms with Gasteiger partial charge in [0.2, 0.25) is 17.7 Å². The van der Waals surface area contributed by atoms with Crippen LogP contribution in [0.4, 0.5) is 0 Å². The second-order valence-corrected chi connectivity index (χ2v) is 8.47. The first-order chi connectivity index (χ1) is 16.0. The summed E-state index contributed by atoms with van der Waals surface area (Å²) >= 11 is 3.94. The minimum atomic E-state index is -1.28. The highest BCUT2D eigenvalue weighted by Gasteiger charge is 2.31. The molecule has 188 valence electrons. The van der Waals surface area contributed by atoms with Gasteiger partial charge in [-0.25, -0.2) is 4.79 Å². The lowest BCUT2D eigenvalue weighted by Crippen LogP contribution is -2.58. The molecule has 0 aromatic heterocycles. The van der Waals surface area contributed by atoms with Crippen LogP contribution in [-0.4, -0.2) is 69.8 Å². The second kappa shape index (κ2) is 14.2. The van der Waals surface area contributed by atoms with Crippen LogP contribution in [0, 0.1) is 5.92 Å². The normalized spacial score (nSPS) is 14.4. The summed E-state index contributed by atoms with van der Waals surface area (Å²) in [6.07, 6.45) is -0.618. The van der Waals surface area contributed by atoms with E-state index >= 15 is 0 Å². The lowest BCUT2D eigenvalue weighted by atomic mass is 10.0. The molecule has 0 saturated carbocycles. The van der Waals surface area contributed by atoms with Crippen molar-refractivity contribution < 1.29 is 34.2 Å². The third-order valence-electron chi connectivity index (χ3n) is 4.96. The van der Waals surface area contributed by atoms with Gasteiger partial charge in [-0.1, -0.05) is 44.2 Å². The Hall–Kier alpha value is -3.12. The Balaban J connectivity index is 3.13. The Morgan fingerprint density at radius 1 is 0.912 bits per heavy atom. The van der Waals surface area contributed by atoms with Crippen molar-refractivity contribution in [2.24, 2.45) is 11.7 Å². The summed E-state index contributed by atoms with van der Waals surface area (Å²) in [7, 11) is 0. The molecule has 0 aliphatic rings. The first kappa shape index (κ1) is 28.9. The average Bonchev–Trinajstić information content (AvgIpc) is 2.78. The molecular weight excluding hydrogens is 464 g/mol. The van der Waals surface area contributed by atoms with Gasteiger partial charge in [0.05, 0.1) is 6.04 Å². The van der Waals surface area contributed by atoms with E-state index in [-0.39, 0.29) is 18.6 Å². The molecule has 34 heavy (non-hydrogen) atoms. The molecule has 1 aromatic rings. The summed E-state index contributed by atoms with van der Waals surface area (Å²) in [5.74, 6) is -5.03. The number of nitrogens with one attached hydrogen (secondary N) is 3. The first-order valence-corrected chi connectivity index (χ1v) is 11.4. The standard InChI is InChI=1S/C22H32N4O7S/c1-12(2)18(22(32)33)26-21(31)16(10-13-6-4-3-5-7-13)25-20(30)15(8-9-17(27)28)24-19(29)14(23)11-34/h3-7,12,14-16,18,34H,8-11,23H2,1-2H3,(H,24,29)(H,25,30)(H,26,31)(H,27,28)(H,32,33). The Labute approximate surface area is 203 Å². The Bertz CT molecular complexity index is 866. The minimum absolute atomic E-state index is 0.00389. The molecule has 0 heterocycles. The van der Waals surface area contributed by atoms with Gasteiger partial charge >= 0.3 is 11.9 Å². The monoisotopic (exact) mass is 496 g/mol. The van der Waals surface area contributed by atoms with Crippen LogP contribution in [-0.2, 0) is 30.4 Å². The van der Waals surface area contributed by atoms with Crippen molar-refractivity contribution in [1.29, 1.82) is 0 Å². The van der Waals surface area contributed by atoms with E-state index in [4.69, 9.17) is 10.8 Å². The molecule has 0 aliphatic carbocycles. The lowest BCUT2D eigenvalue weighted by Gasteiger charge is -2.26. The summed E-state index contributed by atoms with van der Waals surface area (Å²) in [5, 5.41) is 25.8. The number of carboxylic acid groups (broad SMARTS) is 2. The summed E-state index contributed by atoms with van der Waals surface area (Å²) in [4.78, 5) is 60.7. The molecule has 12 heteroatoms. The van der Waals surface area contributed by atoms with Crippen LogP contribution >= 0.6 is 12.6 Å². The summed E-state index contributed by atoms with van der Waals surface area (Å²) in [5.41, 5.74) is 6.32. The van der Waals surface area contributed by atoms with Crippen molar-refractivity contribution in [3.8, 4) is 0 Å². The molecule has 0 fully saturated rings. The van der Waals surface area contributed by atoms with E-state index in [0.29, 0.717) is 5.56 Å². The fourth-order valence-corrected chi connectivity index (χ4v) is 3.16. The van der Waals surface area contributed by atoms with Gasteiger partial charge in [0, 0.05) is 18.6 Å². The van der Waals surface area contributed by atoms with Gasteiger partial charge in [-0.15, -0.1) is 0 Å². The molecule has 0 spiro atoms. The van der Waals surface area contributed by atoms with Crippen molar-refractivity contribution in [1.82, 2.24) is 16.0 Å². The highest BCUT2D eigenvalue weighted by Crippen LogP contribution is 2.08. The molecule has 0 radical (unpaired) electrons. The van der Waals surface area contributed by atoms with E-state index in [0.717, 1.165) is 0 Å². The molecule has 0 bridgehead atoms. The predicted octanol–water partition coefficient (Wildman–Crippen LogP) is -0.454. The van der Waals surface area contributed by atoms with Crippen LogP contribution in [0.2, 0.25) is 0 Å². The summed E-state index contributed by atoms with van der Waals surface area (Å²) in [6.45, 7) is 3.26. The fourth-order valence-electron chi connectivity index (χ4n) is 3.00. The number of aliphatic carboxylic acids is 2. The van der Waals surface area contributed by atoms with Crippen molar-refractivity contribution in [2.45, 2.75) is 57.3 Å². The van der Waals surface area contributed by atoms with Gasteiger partial charge in [0.25, 0.3) is 0 Å². The lowest BCUT2D eigenvalue weighted by molar-refractivity contribution is -0.143. The van der Waals surface area contributed by atoms with Crippen molar-refractivity contribution in [3.63, 3.8) is 0 Å². The van der Waals surface area contributed by atoms with E-state index in [9.17, 15) is 29.1 Å². The van der Waals surface area contributed by atoms with Gasteiger partial charge in [0.1, 0.15) is 18.1 Å². The zero-order valence-electron chi connectivity index (χ0n) is 19.1. The summed E-state index contributed by atoms with van der Waals surface area (Å²) in [6, 6.07) is 4.08. The molecule has 3 amide bonds. The van der Waals surface area contributed by atoms with Crippen LogP contribution in [0.5, 0.6) is 0 Å². The molecule has 11 nitrogen and oxygen atoms in total. The number of rotatable bonds is 14. The van der Waals surface area contributed by atoms with Crippen molar-refractivity contribution >= 4 is 42.3 Å². The molecule has 1 aromatic carbocycles. The van der Waals surface area contributed by atoms with Crippen LogP contribution < -0.4 is 21.7 Å². The van der Waals surface area contributed by atoms with E-state index < -0.39 is 66.2 Å². The minimum Gasteiger partial charge on any atom is -0.481 e. The average molecular weight is 497 g/mol. The van der Waals surface area contributed by atoms with E-state index in [1.807, 2.05) is 0 Å². The number of thiol groups is 1. The van der Waals surface area contributed by atoms with E-state index in [1.54, 1.807) is 44.2 Å². The van der Waals surface area contributed by atoms with Crippen LogP contribution in [0.3, 0.4) is 0 Å². The third-order valence-corrected chi connectivity index (χ3v) is 5.35. The van der Waals surface area contributed by atoms with Crippen LogP contribution in [0.25, 0.3) is 0 Å². The third kappa shape index (κ3) is 9.79. The second-order valence-electron chi connectivity index (χ2n) is 8.10. The van der Waals surface area contributed by atoms with Crippen molar-refractivity contribution in [3.05, 3.63) is 35.9 Å². The molecule has 1 rings (SSSR count). The number of carboxylic acids is 2. The highest BCUT2D eigenvalue weighted by atomic mass is 32.1. The van der Waals surface area contributed by atoms with Gasteiger partial charge < -0.3 is 31.9 Å². The largest absolute Gasteiger partial charge is 0.481 e. The molecule has 4 unspecified atom stereocenters. The molecule has 4 atom stereocenters. The number of amides is 3. The Morgan fingerprint density at radius 2 is 1.47 bits per heavy atom. The predicted molar refractivity (Wildman–Crippen MR) is 127 cm³/mol. The fraction of sp³-hybridized carbons (Fsp3) is 0.500. The number of nitrogens with two attached hydrogens (primary N) is 1. The van der Waals surface area contributed by atoms with Gasteiger partial charge in [-0.3, -0.25) is 19.2 Å². The maximum Gasteiger partial charge on any atom is 0.326 e. The Morgan fingerprint density at radius 3 is 1.97 bits per heavy atom. The zero-order valence-corrected chi connectivity index (χ0v) is 20.0. The highest BCUT2D eigenvalue weighted by molar-refractivity contribution is 7.80. The van der Waals surface area contributed by atoms with Gasteiger partial charge in [-0.05, 0) is 17.9 Å². The maximum absolute atomic E-state index is 13.0. The van der Waals surface area contributed by atoms with Crippen LogP contribution in [0.15, 0.2) is 30.3 Å². The number of hydrogen-bond acceptors (Lipinski definition) is 7. The maximum atomic E-state index is 13.0. The number of carbonyl (C=O) groups is 5. The molecule has 7 N–H and O–H groups in total. The first-order valence-electron chi connectivity index (χ1n) is 10.7.